The van der Waals surface area contributed by atoms with E-state index in [-0.39, 0.29) is 18.6 Å². The van der Waals surface area contributed by atoms with Gasteiger partial charge in [-0.2, -0.15) is 0 Å². The first-order valence-electron chi connectivity index (χ1n) is 5.92. The summed E-state index contributed by atoms with van der Waals surface area (Å²) in [6.45, 7) is 0.943. The zero-order valence-electron chi connectivity index (χ0n) is 9.40. The molecule has 1 saturated carbocycles. The SMILES string of the molecule is O=C1NC(=O)C2(CC2)C(=O)N1CC1CCCO1. The van der Waals surface area contributed by atoms with Crippen molar-refractivity contribution in [2.24, 2.45) is 5.41 Å². The summed E-state index contributed by atoms with van der Waals surface area (Å²) in [7, 11) is 0. The number of nitrogens with one attached hydrogen (secondary N) is 1. The van der Waals surface area contributed by atoms with Gasteiger partial charge in [-0.3, -0.25) is 19.8 Å². The molecule has 1 N–H and O–H groups in total. The Morgan fingerprint density at radius 3 is 2.71 bits per heavy atom. The molecule has 17 heavy (non-hydrogen) atoms. The maximum absolute atomic E-state index is 12.1. The molecule has 1 aliphatic carbocycles. The highest BCUT2D eigenvalue weighted by molar-refractivity contribution is 6.20. The van der Waals surface area contributed by atoms with Gasteiger partial charge in [-0.05, 0) is 25.7 Å². The van der Waals surface area contributed by atoms with E-state index in [1.807, 2.05) is 0 Å². The lowest BCUT2D eigenvalue weighted by atomic mass is 10.0. The molecule has 6 heteroatoms. The van der Waals surface area contributed by atoms with E-state index in [1.54, 1.807) is 0 Å². The maximum Gasteiger partial charge on any atom is 0.330 e. The first kappa shape index (κ1) is 10.7. The number of barbiturate groups is 1. The van der Waals surface area contributed by atoms with Crippen LogP contribution < -0.4 is 5.32 Å². The van der Waals surface area contributed by atoms with Crippen molar-refractivity contribution in [1.82, 2.24) is 10.2 Å². The largest absolute Gasteiger partial charge is 0.376 e. The summed E-state index contributed by atoms with van der Waals surface area (Å²) in [5.41, 5.74) is -0.938. The lowest BCUT2D eigenvalue weighted by Crippen LogP contribution is -2.60. The number of carbonyl (C=O) groups is 3. The van der Waals surface area contributed by atoms with Crippen LogP contribution in [0.3, 0.4) is 0 Å². The summed E-state index contributed by atoms with van der Waals surface area (Å²) in [6, 6.07) is -0.604. The standard InChI is InChI=1S/C11H14N2O4/c14-8-11(3-4-11)9(15)13(10(16)12-8)6-7-2-1-5-17-7/h7H,1-6H2,(H,12,14,16). The number of amides is 4. The van der Waals surface area contributed by atoms with E-state index < -0.39 is 17.4 Å². The molecule has 1 spiro atoms. The zero-order valence-corrected chi connectivity index (χ0v) is 9.40. The number of nitrogens with zero attached hydrogens (tertiary/aromatic N) is 1. The summed E-state index contributed by atoms with van der Waals surface area (Å²) in [6.07, 6.45) is 2.84. The maximum atomic E-state index is 12.1. The van der Waals surface area contributed by atoms with Crippen LogP contribution in [0.4, 0.5) is 4.79 Å². The van der Waals surface area contributed by atoms with Crippen molar-refractivity contribution in [1.29, 1.82) is 0 Å². The zero-order chi connectivity index (χ0) is 12.0. The Labute approximate surface area is 98.3 Å². The fourth-order valence-electron chi connectivity index (χ4n) is 2.46. The van der Waals surface area contributed by atoms with E-state index in [9.17, 15) is 14.4 Å². The minimum absolute atomic E-state index is 0.0753. The van der Waals surface area contributed by atoms with Crippen molar-refractivity contribution < 1.29 is 19.1 Å². The minimum Gasteiger partial charge on any atom is -0.376 e. The molecule has 6 nitrogen and oxygen atoms in total. The summed E-state index contributed by atoms with van der Waals surface area (Å²) < 4.78 is 5.41. The fourth-order valence-corrected chi connectivity index (χ4v) is 2.46. The van der Waals surface area contributed by atoms with Gasteiger partial charge in [-0.25, -0.2) is 4.79 Å². The molecule has 0 radical (unpaired) electrons. The molecule has 0 aromatic rings. The smallest absolute Gasteiger partial charge is 0.330 e. The highest BCUT2D eigenvalue weighted by atomic mass is 16.5. The van der Waals surface area contributed by atoms with Gasteiger partial charge in [0.2, 0.25) is 11.8 Å². The molecular formula is C11H14N2O4. The summed E-state index contributed by atoms with van der Waals surface area (Å²) in [5.74, 6) is -0.780. The number of ether oxygens (including phenoxy) is 1. The molecule has 2 heterocycles. The van der Waals surface area contributed by atoms with Crippen molar-refractivity contribution >= 4 is 17.8 Å². The van der Waals surface area contributed by atoms with Gasteiger partial charge in [0, 0.05) is 6.61 Å². The number of imide groups is 2. The Balaban J connectivity index is 1.76. The Morgan fingerprint density at radius 2 is 2.12 bits per heavy atom. The molecule has 4 amide bonds. The molecule has 2 aliphatic heterocycles. The van der Waals surface area contributed by atoms with Crippen LogP contribution in [-0.4, -0.2) is 42.0 Å². The molecular weight excluding hydrogens is 224 g/mol. The van der Waals surface area contributed by atoms with Gasteiger partial charge in [0.05, 0.1) is 12.6 Å². The number of hydrogen-bond donors (Lipinski definition) is 1. The Kier molecular flexibility index (Phi) is 2.22. The van der Waals surface area contributed by atoms with Crippen LogP contribution in [0, 0.1) is 5.41 Å². The third-order valence-electron chi connectivity index (χ3n) is 3.71. The predicted molar refractivity (Wildman–Crippen MR) is 55.9 cm³/mol. The first-order chi connectivity index (χ1) is 8.13. The third-order valence-corrected chi connectivity index (χ3v) is 3.71. The first-order valence-corrected chi connectivity index (χ1v) is 5.92. The second-order valence-electron chi connectivity index (χ2n) is 4.89. The van der Waals surface area contributed by atoms with E-state index >= 15 is 0 Å². The normalized spacial score (nSPS) is 30.9. The van der Waals surface area contributed by atoms with Crippen LogP contribution in [-0.2, 0) is 14.3 Å². The van der Waals surface area contributed by atoms with Crippen LogP contribution in [0.1, 0.15) is 25.7 Å². The average molecular weight is 238 g/mol. The number of urea groups is 1. The topological polar surface area (TPSA) is 75.7 Å². The number of carbonyl (C=O) groups excluding carboxylic acids is 3. The molecule has 0 aromatic heterocycles. The average Bonchev–Trinajstić information content (AvgIpc) is 2.95. The van der Waals surface area contributed by atoms with Gasteiger partial charge < -0.3 is 4.74 Å². The highest BCUT2D eigenvalue weighted by Gasteiger charge is 2.62. The van der Waals surface area contributed by atoms with Gasteiger partial charge in [0.25, 0.3) is 0 Å². The van der Waals surface area contributed by atoms with Gasteiger partial charge in [0.15, 0.2) is 0 Å². The van der Waals surface area contributed by atoms with E-state index in [0.717, 1.165) is 17.7 Å². The quantitative estimate of drug-likeness (QED) is 0.688. The predicted octanol–water partition coefficient (Wildman–Crippen LogP) is 0.0240. The summed E-state index contributed by atoms with van der Waals surface area (Å²) in [4.78, 5) is 36.5. The van der Waals surface area contributed by atoms with E-state index in [1.165, 1.54) is 0 Å². The third kappa shape index (κ3) is 1.55. The number of rotatable bonds is 2. The van der Waals surface area contributed by atoms with Crippen LogP contribution >= 0.6 is 0 Å². The summed E-state index contributed by atoms with van der Waals surface area (Å²) >= 11 is 0. The van der Waals surface area contributed by atoms with Crippen LogP contribution in [0.15, 0.2) is 0 Å². The summed E-state index contributed by atoms with van der Waals surface area (Å²) in [5, 5.41) is 2.26. The Morgan fingerprint density at radius 1 is 1.35 bits per heavy atom. The van der Waals surface area contributed by atoms with E-state index in [4.69, 9.17) is 4.74 Å². The lowest BCUT2D eigenvalue weighted by molar-refractivity contribution is -0.145. The van der Waals surface area contributed by atoms with Gasteiger partial charge >= 0.3 is 6.03 Å². The second kappa shape index (κ2) is 3.53. The molecule has 3 aliphatic rings. The monoisotopic (exact) mass is 238 g/mol. The lowest BCUT2D eigenvalue weighted by Gasteiger charge is -2.31. The van der Waals surface area contributed by atoms with Crippen molar-refractivity contribution in [2.45, 2.75) is 31.8 Å². The van der Waals surface area contributed by atoms with Crippen molar-refractivity contribution in [2.75, 3.05) is 13.2 Å². The van der Waals surface area contributed by atoms with Gasteiger partial charge in [0.1, 0.15) is 5.41 Å². The molecule has 1 unspecified atom stereocenters. The van der Waals surface area contributed by atoms with Crippen molar-refractivity contribution in [3.05, 3.63) is 0 Å². The van der Waals surface area contributed by atoms with Crippen LogP contribution in [0.5, 0.6) is 0 Å². The van der Waals surface area contributed by atoms with Crippen molar-refractivity contribution in [3.63, 3.8) is 0 Å². The molecule has 92 valence electrons. The van der Waals surface area contributed by atoms with E-state index in [0.29, 0.717) is 19.4 Å². The highest BCUT2D eigenvalue weighted by Crippen LogP contribution is 2.49. The Bertz CT molecular complexity index is 396. The molecule has 2 saturated heterocycles. The van der Waals surface area contributed by atoms with E-state index in [2.05, 4.69) is 5.32 Å². The minimum atomic E-state index is -0.938. The molecule has 1 atom stereocenters. The van der Waals surface area contributed by atoms with Crippen LogP contribution in [0.25, 0.3) is 0 Å². The van der Waals surface area contributed by atoms with Gasteiger partial charge in [-0.15, -0.1) is 0 Å². The fraction of sp³-hybridized carbons (Fsp3) is 0.727. The Hall–Kier alpha value is -1.43. The molecule has 0 bridgehead atoms. The molecule has 3 rings (SSSR count). The molecule has 0 aromatic carbocycles. The molecule has 3 fully saturated rings. The van der Waals surface area contributed by atoms with Crippen molar-refractivity contribution in [3.8, 4) is 0 Å². The van der Waals surface area contributed by atoms with Gasteiger partial charge in [-0.1, -0.05) is 0 Å². The number of hydrogen-bond acceptors (Lipinski definition) is 4. The van der Waals surface area contributed by atoms with Crippen LogP contribution in [0.2, 0.25) is 0 Å². The second-order valence-corrected chi connectivity index (χ2v) is 4.89.